The van der Waals surface area contributed by atoms with Gasteiger partial charge in [-0.05, 0) is 19.3 Å². The topological polar surface area (TPSA) is 76.0 Å². The number of aliphatic hydroxyl groups is 1. The highest BCUT2D eigenvalue weighted by Gasteiger charge is 2.07. The zero-order chi connectivity index (χ0) is 15.8. The smallest absolute Gasteiger partial charge is 0.303 e. The highest BCUT2D eigenvalue weighted by atomic mass is 16.5. The standard InChI is InChI=1S/C16H32O5/c1-2-3-4-5-6-8-11-20-14-15(13-17)21-12-9-7-10-16(18)19/h15,17H,2-14H2,1H3,(H,18,19)/t15-/m0/s1. The lowest BCUT2D eigenvalue weighted by Gasteiger charge is -2.15. The molecule has 0 aliphatic heterocycles. The van der Waals surface area contributed by atoms with Gasteiger partial charge in [-0.15, -0.1) is 0 Å². The molecule has 0 saturated carbocycles. The zero-order valence-electron chi connectivity index (χ0n) is 13.4. The molecule has 0 rings (SSSR count). The van der Waals surface area contributed by atoms with Gasteiger partial charge in [-0.3, -0.25) is 4.79 Å². The molecule has 1 atom stereocenters. The van der Waals surface area contributed by atoms with E-state index >= 15 is 0 Å². The molecule has 0 unspecified atom stereocenters. The van der Waals surface area contributed by atoms with Crippen LogP contribution < -0.4 is 0 Å². The van der Waals surface area contributed by atoms with Crippen LogP contribution in [0.1, 0.15) is 64.7 Å². The molecule has 126 valence electrons. The first-order valence-electron chi connectivity index (χ1n) is 8.22. The maximum atomic E-state index is 10.3. The Morgan fingerprint density at radius 1 is 1.00 bits per heavy atom. The third-order valence-electron chi connectivity index (χ3n) is 3.29. The normalized spacial score (nSPS) is 12.5. The summed E-state index contributed by atoms with van der Waals surface area (Å²) in [6, 6.07) is 0. The first-order chi connectivity index (χ1) is 10.2. The van der Waals surface area contributed by atoms with Crippen molar-refractivity contribution in [1.29, 1.82) is 0 Å². The van der Waals surface area contributed by atoms with Crippen molar-refractivity contribution in [1.82, 2.24) is 0 Å². The third-order valence-corrected chi connectivity index (χ3v) is 3.29. The van der Waals surface area contributed by atoms with Gasteiger partial charge in [0.15, 0.2) is 0 Å². The fourth-order valence-corrected chi connectivity index (χ4v) is 1.98. The molecule has 5 nitrogen and oxygen atoms in total. The van der Waals surface area contributed by atoms with E-state index in [4.69, 9.17) is 14.6 Å². The van der Waals surface area contributed by atoms with Gasteiger partial charge in [0, 0.05) is 19.6 Å². The van der Waals surface area contributed by atoms with Gasteiger partial charge in [0.25, 0.3) is 0 Å². The minimum Gasteiger partial charge on any atom is -0.481 e. The molecule has 2 N–H and O–H groups in total. The molecule has 0 heterocycles. The van der Waals surface area contributed by atoms with E-state index in [1.165, 1.54) is 32.1 Å². The molecule has 0 fully saturated rings. The van der Waals surface area contributed by atoms with Crippen LogP contribution in [0.15, 0.2) is 0 Å². The molecule has 0 aliphatic rings. The number of ether oxygens (including phenoxy) is 2. The predicted octanol–water partition coefficient (Wildman–Crippen LogP) is 3.00. The van der Waals surface area contributed by atoms with Gasteiger partial charge in [-0.2, -0.15) is 0 Å². The molecule has 0 aromatic heterocycles. The molecule has 0 bridgehead atoms. The highest BCUT2D eigenvalue weighted by molar-refractivity contribution is 5.66. The molecular formula is C16H32O5. The first-order valence-corrected chi connectivity index (χ1v) is 8.22. The Morgan fingerprint density at radius 2 is 1.67 bits per heavy atom. The fraction of sp³-hybridized carbons (Fsp3) is 0.938. The summed E-state index contributed by atoms with van der Waals surface area (Å²) in [5.74, 6) is -0.782. The number of aliphatic carboxylic acids is 1. The van der Waals surface area contributed by atoms with Crippen LogP contribution in [-0.2, 0) is 14.3 Å². The molecule has 0 aliphatic carbocycles. The van der Waals surface area contributed by atoms with Crippen LogP contribution in [0.25, 0.3) is 0 Å². The van der Waals surface area contributed by atoms with Crippen molar-refractivity contribution in [3.8, 4) is 0 Å². The van der Waals surface area contributed by atoms with E-state index in [0.29, 0.717) is 32.7 Å². The summed E-state index contributed by atoms with van der Waals surface area (Å²) in [7, 11) is 0. The van der Waals surface area contributed by atoms with Gasteiger partial charge in [-0.25, -0.2) is 0 Å². The number of carboxylic acid groups (broad SMARTS) is 1. The Hall–Kier alpha value is -0.650. The number of unbranched alkanes of at least 4 members (excludes halogenated alkanes) is 6. The average Bonchev–Trinajstić information content (AvgIpc) is 2.47. The first kappa shape index (κ1) is 20.3. The maximum Gasteiger partial charge on any atom is 0.303 e. The summed E-state index contributed by atoms with van der Waals surface area (Å²) in [4.78, 5) is 10.3. The van der Waals surface area contributed by atoms with E-state index in [-0.39, 0.29) is 19.1 Å². The van der Waals surface area contributed by atoms with E-state index in [1.807, 2.05) is 0 Å². The van der Waals surface area contributed by atoms with Crippen molar-refractivity contribution in [3.05, 3.63) is 0 Å². The average molecular weight is 304 g/mol. The van der Waals surface area contributed by atoms with Crippen LogP contribution in [0.4, 0.5) is 0 Å². The van der Waals surface area contributed by atoms with E-state index < -0.39 is 5.97 Å². The Labute approximate surface area is 128 Å². The molecule has 0 aromatic carbocycles. The van der Waals surface area contributed by atoms with E-state index in [0.717, 1.165) is 6.42 Å². The van der Waals surface area contributed by atoms with Crippen LogP contribution in [-0.4, -0.2) is 48.7 Å². The number of rotatable bonds is 16. The molecule has 0 saturated heterocycles. The van der Waals surface area contributed by atoms with Crippen molar-refractivity contribution in [2.75, 3.05) is 26.4 Å². The SMILES string of the molecule is CCCCCCCCOC[C@H](CO)OCCCCC(=O)O. The second-order valence-corrected chi connectivity index (χ2v) is 5.37. The van der Waals surface area contributed by atoms with Crippen LogP contribution in [0.5, 0.6) is 0 Å². The molecule has 0 spiro atoms. The molecule has 21 heavy (non-hydrogen) atoms. The van der Waals surface area contributed by atoms with Gasteiger partial charge in [0.1, 0.15) is 6.10 Å². The predicted molar refractivity (Wildman–Crippen MR) is 82.5 cm³/mol. The maximum absolute atomic E-state index is 10.3. The van der Waals surface area contributed by atoms with Crippen LogP contribution in [0, 0.1) is 0 Å². The van der Waals surface area contributed by atoms with Gasteiger partial charge in [0.05, 0.1) is 13.2 Å². The molecule has 0 aromatic rings. The summed E-state index contributed by atoms with van der Waals surface area (Å²) in [6.07, 6.45) is 8.56. The van der Waals surface area contributed by atoms with Crippen molar-refractivity contribution < 1.29 is 24.5 Å². The Morgan fingerprint density at radius 3 is 2.33 bits per heavy atom. The number of hydrogen-bond acceptors (Lipinski definition) is 4. The summed E-state index contributed by atoms with van der Waals surface area (Å²) in [6.45, 7) is 3.74. The summed E-state index contributed by atoms with van der Waals surface area (Å²) < 4.78 is 11.0. The van der Waals surface area contributed by atoms with Crippen molar-refractivity contribution >= 4 is 5.97 Å². The van der Waals surface area contributed by atoms with Crippen LogP contribution >= 0.6 is 0 Å². The summed E-state index contributed by atoms with van der Waals surface area (Å²) >= 11 is 0. The van der Waals surface area contributed by atoms with Gasteiger partial charge in [0.2, 0.25) is 0 Å². The minimum absolute atomic E-state index is 0.0601. The molecule has 5 heteroatoms. The fourth-order valence-electron chi connectivity index (χ4n) is 1.98. The Bertz CT molecular complexity index is 233. The quantitative estimate of drug-likeness (QED) is 0.429. The molecule has 0 radical (unpaired) electrons. The lowest BCUT2D eigenvalue weighted by molar-refractivity contribution is -0.137. The lowest BCUT2D eigenvalue weighted by atomic mass is 10.1. The van der Waals surface area contributed by atoms with Crippen LogP contribution in [0.3, 0.4) is 0 Å². The second kappa shape index (κ2) is 15.7. The second-order valence-electron chi connectivity index (χ2n) is 5.37. The number of carboxylic acids is 1. The number of hydrogen-bond donors (Lipinski definition) is 2. The van der Waals surface area contributed by atoms with Gasteiger partial charge in [-0.1, -0.05) is 39.0 Å². The molecular weight excluding hydrogens is 272 g/mol. The van der Waals surface area contributed by atoms with Gasteiger partial charge < -0.3 is 19.7 Å². The van der Waals surface area contributed by atoms with E-state index in [1.54, 1.807) is 0 Å². The van der Waals surface area contributed by atoms with Crippen molar-refractivity contribution in [2.24, 2.45) is 0 Å². The largest absolute Gasteiger partial charge is 0.481 e. The van der Waals surface area contributed by atoms with Crippen molar-refractivity contribution in [2.45, 2.75) is 70.8 Å². The monoisotopic (exact) mass is 304 g/mol. The molecule has 0 amide bonds. The lowest BCUT2D eigenvalue weighted by Crippen LogP contribution is -2.24. The van der Waals surface area contributed by atoms with Crippen molar-refractivity contribution in [3.63, 3.8) is 0 Å². The van der Waals surface area contributed by atoms with E-state index in [9.17, 15) is 9.90 Å². The third kappa shape index (κ3) is 15.6. The Balaban J connectivity index is 3.34. The Kier molecular flexibility index (Phi) is 15.2. The number of carbonyl (C=O) groups is 1. The van der Waals surface area contributed by atoms with Crippen LogP contribution in [0.2, 0.25) is 0 Å². The zero-order valence-corrected chi connectivity index (χ0v) is 13.4. The highest BCUT2D eigenvalue weighted by Crippen LogP contribution is 2.05. The number of aliphatic hydroxyl groups excluding tert-OH is 1. The summed E-state index contributed by atoms with van der Waals surface area (Å²) in [5.41, 5.74) is 0. The summed E-state index contributed by atoms with van der Waals surface area (Å²) in [5, 5.41) is 17.7. The minimum atomic E-state index is -0.782. The van der Waals surface area contributed by atoms with Gasteiger partial charge >= 0.3 is 5.97 Å². The van der Waals surface area contributed by atoms with E-state index in [2.05, 4.69) is 6.92 Å².